The van der Waals surface area contributed by atoms with Crippen LogP contribution < -0.4 is 4.74 Å². The number of aliphatic hydroxyl groups excluding tert-OH is 2. The molecule has 0 bridgehead atoms. The third kappa shape index (κ3) is 4.46. The molecule has 168 valence electrons. The van der Waals surface area contributed by atoms with Gasteiger partial charge in [-0.05, 0) is 63.6 Å². The molecule has 2 N–H and O–H groups in total. The monoisotopic (exact) mass is 430 g/mol. The van der Waals surface area contributed by atoms with Gasteiger partial charge in [0.05, 0.1) is 6.61 Å². The van der Waals surface area contributed by atoms with E-state index in [1.54, 1.807) is 0 Å². The summed E-state index contributed by atoms with van der Waals surface area (Å²) in [4.78, 5) is 0. The molecule has 3 heteroatoms. The molecule has 0 spiro atoms. The third-order valence-corrected chi connectivity index (χ3v) is 6.89. The van der Waals surface area contributed by atoms with Gasteiger partial charge in [0.1, 0.15) is 18.5 Å². The Bertz CT molecular complexity index is 1080. The van der Waals surface area contributed by atoms with Gasteiger partial charge in [-0.3, -0.25) is 0 Å². The molecule has 0 fully saturated rings. The van der Waals surface area contributed by atoms with Gasteiger partial charge in [0.25, 0.3) is 0 Å². The molecule has 1 aliphatic carbocycles. The van der Waals surface area contributed by atoms with Crippen LogP contribution in [0.15, 0.2) is 66.7 Å². The number of hydrogen-bond donors (Lipinski definition) is 2. The number of benzene rings is 3. The van der Waals surface area contributed by atoms with Crippen molar-refractivity contribution in [1.29, 1.82) is 0 Å². The number of hydrogen-bond acceptors (Lipinski definition) is 3. The van der Waals surface area contributed by atoms with Gasteiger partial charge >= 0.3 is 0 Å². The zero-order valence-electron chi connectivity index (χ0n) is 19.6. The fourth-order valence-electron chi connectivity index (χ4n) is 4.69. The van der Waals surface area contributed by atoms with Crippen LogP contribution in [-0.2, 0) is 10.8 Å². The lowest BCUT2D eigenvalue weighted by molar-refractivity contribution is 0.0538. The first kappa shape index (κ1) is 22.6. The van der Waals surface area contributed by atoms with Crippen LogP contribution in [0.25, 0.3) is 22.3 Å². The Hall–Kier alpha value is -2.62. The smallest absolute Gasteiger partial charge is 0.127 e. The van der Waals surface area contributed by atoms with Crippen LogP contribution in [0.1, 0.15) is 51.7 Å². The van der Waals surface area contributed by atoms with Crippen molar-refractivity contribution in [3.8, 4) is 28.0 Å². The van der Waals surface area contributed by atoms with Crippen molar-refractivity contribution in [1.82, 2.24) is 0 Å². The molecule has 3 aromatic carbocycles. The minimum absolute atomic E-state index is 0.0532. The predicted molar refractivity (Wildman–Crippen MR) is 131 cm³/mol. The van der Waals surface area contributed by atoms with Gasteiger partial charge in [-0.1, -0.05) is 82.3 Å². The van der Waals surface area contributed by atoms with E-state index in [4.69, 9.17) is 4.74 Å². The van der Waals surface area contributed by atoms with E-state index in [-0.39, 0.29) is 24.0 Å². The van der Waals surface area contributed by atoms with Crippen molar-refractivity contribution < 1.29 is 14.9 Å². The second kappa shape index (κ2) is 8.73. The fraction of sp³-hybridized carbons (Fsp3) is 0.379. The first-order valence-corrected chi connectivity index (χ1v) is 11.5. The molecule has 32 heavy (non-hydrogen) atoms. The van der Waals surface area contributed by atoms with Gasteiger partial charge in [0, 0.05) is 5.56 Å². The van der Waals surface area contributed by atoms with Crippen LogP contribution in [0, 0.1) is 0 Å². The first-order chi connectivity index (χ1) is 15.2. The second-order valence-electron chi connectivity index (χ2n) is 10.3. The normalized spacial score (nSPS) is 17.4. The van der Waals surface area contributed by atoms with Crippen LogP contribution >= 0.6 is 0 Å². The molecule has 4 rings (SSSR count). The lowest BCUT2D eigenvalue weighted by Crippen LogP contribution is -2.33. The van der Waals surface area contributed by atoms with Crippen molar-refractivity contribution in [2.45, 2.75) is 57.5 Å². The molecule has 0 saturated heterocycles. The summed E-state index contributed by atoms with van der Waals surface area (Å²) in [6.45, 7) is 9.07. The Balaban J connectivity index is 1.83. The number of ether oxygens (including phenoxy) is 1. The summed E-state index contributed by atoms with van der Waals surface area (Å²) in [5, 5.41) is 19.0. The van der Waals surface area contributed by atoms with Crippen molar-refractivity contribution in [2.75, 3.05) is 13.2 Å². The van der Waals surface area contributed by atoms with Gasteiger partial charge in [-0.25, -0.2) is 0 Å². The molecule has 3 aromatic rings. The first-order valence-electron chi connectivity index (χ1n) is 11.5. The zero-order chi connectivity index (χ0) is 22.9. The van der Waals surface area contributed by atoms with Crippen LogP contribution in [0.3, 0.4) is 0 Å². The molecule has 0 radical (unpaired) electrons. The minimum Gasteiger partial charge on any atom is -0.490 e. The quantitative estimate of drug-likeness (QED) is 0.497. The van der Waals surface area contributed by atoms with E-state index >= 15 is 0 Å². The lowest BCUT2D eigenvalue weighted by Gasteiger charge is -2.42. The maximum absolute atomic E-state index is 9.82. The SMILES string of the molecule is CC1(C)CCC(C)(C)c2cc(-c3cc(-c4ccccc4)ccc3OCC(O)CO)ccc21. The zero-order valence-corrected chi connectivity index (χ0v) is 19.6. The highest BCUT2D eigenvalue weighted by molar-refractivity contribution is 5.78. The summed E-state index contributed by atoms with van der Waals surface area (Å²) >= 11 is 0. The number of aliphatic hydroxyl groups is 2. The molecule has 0 heterocycles. The predicted octanol–water partition coefficient (Wildman–Crippen LogP) is 6.10. The Morgan fingerprint density at radius 2 is 1.44 bits per heavy atom. The highest BCUT2D eigenvalue weighted by atomic mass is 16.5. The van der Waals surface area contributed by atoms with Crippen molar-refractivity contribution >= 4 is 0 Å². The molecule has 0 aliphatic heterocycles. The summed E-state index contributed by atoms with van der Waals surface area (Å²) in [6, 6.07) is 23.3. The van der Waals surface area contributed by atoms with Crippen LogP contribution in [-0.4, -0.2) is 29.5 Å². The summed E-state index contributed by atoms with van der Waals surface area (Å²) in [5.41, 5.74) is 7.49. The molecule has 1 aliphatic rings. The molecule has 1 unspecified atom stereocenters. The van der Waals surface area contributed by atoms with E-state index < -0.39 is 6.10 Å². The van der Waals surface area contributed by atoms with Gasteiger partial charge in [-0.15, -0.1) is 0 Å². The maximum atomic E-state index is 9.82. The highest BCUT2D eigenvalue weighted by Crippen LogP contribution is 2.47. The summed E-state index contributed by atoms with van der Waals surface area (Å²) in [5.74, 6) is 0.713. The molecule has 0 aromatic heterocycles. The van der Waals surface area contributed by atoms with Crippen LogP contribution in [0.5, 0.6) is 5.75 Å². The van der Waals surface area contributed by atoms with Crippen molar-refractivity contribution in [3.63, 3.8) is 0 Å². The molecule has 1 atom stereocenters. The van der Waals surface area contributed by atoms with E-state index in [1.165, 1.54) is 17.5 Å². The molecular weight excluding hydrogens is 396 g/mol. The summed E-state index contributed by atoms with van der Waals surface area (Å²) in [7, 11) is 0. The molecule has 0 saturated carbocycles. The molecule has 0 amide bonds. The van der Waals surface area contributed by atoms with Gasteiger partial charge in [0.2, 0.25) is 0 Å². The molecule has 3 nitrogen and oxygen atoms in total. The Labute approximate surface area is 191 Å². The lowest BCUT2D eigenvalue weighted by atomic mass is 9.63. The van der Waals surface area contributed by atoms with Gasteiger partial charge < -0.3 is 14.9 Å². The topological polar surface area (TPSA) is 49.7 Å². The van der Waals surface area contributed by atoms with Gasteiger partial charge in [-0.2, -0.15) is 0 Å². The largest absolute Gasteiger partial charge is 0.490 e. The Morgan fingerprint density at radius 3 is 2.12 bits per heavy atom. The van der Waals surface area contributed by atoms with E-state index in [1.807, 2.05) is 30.3 Å². The van der Waals surface area contributed by atoms with E-state index in [0.717, 1.165) is 28.7 Å². The Morgan fingerprint density at radius 1 is 0.781 bits per heavy atom. The van der Waals surface area contributed by atoms with E-state index in [9.17, 15) is 10.2 Å². The number of fused-ring (bicyclic) bond motifs is 1. The third-order valence-electron chi connectivity index (χ3n) is 6.89. The second-order valence-corrected chi connectivity index (χ2v) is 10.3. The summed E-state index contributed by atoms with van der Waals surface area (Å²) < 4.78 is 5.96. The van der Waals surface area contributed by atoms with Crippen LogP contribution in [0.2, 0.25) is 0 Å². The van der Waals surface area contributed by atoms with Crippen molar-refractivity contribution in [3.05, 3.63) is 77.9 Å². The standard InChI is InChI=1S/C29H34O3/c1-28(2)14-15-29(3,4)26-17-22(10-12-25(26)28)24-16-21(20-8-6-5-7-9-20)11-13-27(24)32-19-23(31)18-30/h5-13,16-17,23,30-31H,14-15,18-19H2,1-4H3. The number of rotatable bonds is 6. The molecular formula is C29H34O3. The average molecular weight is 431 g/mol. The van der Waals surface area contributed by atoms with E-state index in [0.29, 0.717) is 5.75 Å². The Kier molecular flexibility index (Phi) is 6.15. The summed E-state index contributed by atoms with van der Waals surface area (Å²) in [6.07, 6.45) is 1.44. The average Bonchev–Trinajstić information content (AvgIpc) is 2.81. The maximum Gasteiger partial charge on any atom is 0.127 e. The fourth-order valence-corrected chi connectivity index (χ4v) is 4.69. The van der Waals surface area contributed by atoms with Crippen LogP contribution in [0.4, 0.5) is 0 Å². The highest BCUT2D eigenvalue weighted by Gasteiger charge is 2.37. The van der Waals surface area contributed by atoms with E-state index in [2.05, 4.69) is 64.1 Å². The van der Waals surface area contributed by atoms with Crippen molar-refractivity contribution in [2.24, 2.45) is 0 Å². The minimum atomic E-state index is -0.903. The van der Waals surface area contributed by atoms with Gasteiger partial charge in [0.15, 0.2) is 0 Å².